The number of nitrogens with one attached hydrogen (secondary N) is 1. The predicted octanol–water partition coefficient (Wildman–Crippen LogP) is 3.35. The molecule has 4 nitrogen and oxygen atoms in total. The Balaban J connectivity index is 1.86. The molecule has 1 N–H and O–H groups in total. The lowest BCUT2D eigenvalue weighted by Crippen LogP contribution is -2.38. The fourth-order valence-electron chi connectivity index (χ4n) is 2.86. The van der Waals surface area contributed by atoms with Gasteiger partial charge in [0.15, 0.2) is 0 Å². The molecule has 2 heterocycles. The smallest absolute Gasteiger partial charge is 0.228 e. The maximum atomic E-state index is 12.2. The van der Waals surface area contributed by atoms with Crippen LogP contribution in [0.4, 0.5) is 5.69 Å². The summed E-state index contributed by atoms with van der Waals surface area (Å²) in [6.45, 7) is 3.99. The Morgan fingerprint density at radius 1 is 1.29 bits per heavy atom. The molecule has 1 amide bonds. The van der Waals surface area contributed by atoms with Crippen molar-refractivity contribution in [2.45, 2.75) is 32.4 Å². The molecule has 3 rings (SSSR count). The standard InChI is InChI=1S/C17H20N2O2/c1-11-8-9-16(21-11)12(2)18-14-10-17(20)19(3)15-7-5-4-6-13(14)15/h4-9,12,14,18H,10H2,1-3H3. The van der Waals surface area contributed by atoms with Crippen LogP contribution in [0.5, 0.6) is 0 Å². The maximum Gasteiger partial charge on any atom is 0.228 e. The lowest BCUT2D eigenvalue weighted by molar-refractivity contribution is -0.119. The van der Waals surface area contributed by atoms with E-state index in [-0.39, 0.29) is 18.0 Å². The number of rotatable bonds is 3. The van der Waals surface area contributed by atoms with E-state index in [1.54, 1.807) is 4.90 Å². The van der Waals surface area contributed by atoms with Crippen LogP contribution in [-0.2, 0) is 4.79 Å². The van der Waals surface area contributed by atoms with Gasteiger partial charge in [0.05, 0.1) is 6.04 Å². The van der Waals surface area contributed by atoms with Gasteiger partial charge in [-0.3, -0.25) is 4.79 Å². The lowest BCUT2D eigenvalue weighted by Gasteiger charge is -2.33. The average Bonchev–Trinajstić information content (AvgIpc) is 2.91. The van der Waals surface area contributed by atoms with Gasteiger partial charge in [0.25, 0.3) is 0 Å². The second-order valence-corrected chi connectivity index (χ2v) is 5.61. The van der Waals surface area contributed by atoms with E-state index in [9.17, 15) is 4.79 Å². The van der Waals surface area contributed by atoms with Crippen molar-refractivity contribution in [2.75, 3.05) is 11.9 Å². The van der Waals surface area contributed by atoms with Crippen LogP contribution in [-0.4, -0.2) is 13.0 Å². The fourth-order valence-corrected chi connectivity index (χ4v) is 2.86. The van der Waals surface area contributed by atoms with Crippen molar-refractivity contribution in [3.8, 4) is 0 Å². The van der Waals surface area contributed by atoms with Crippen molar-refractivity contribution in [1.29, 1.82) is 0 Å². The van der Waals surface area contributed by atoms with Gasteiger partial charge >= 0.3 is 0 Å². The van der Waals surface area contributed by atoms with Crippen molar-refractivity contribution < 1.29 is 9.21 Å². The quantitative estimate of drug-likeness (QED) is 0.940. The summed E-state index contributed by atoms with van der Waals surface area (Å²) < 4.78 is 5.66. The van der Waals surface area contributed by atoms with Gasteiger partial charge in [0.2, 0.25) is 5.91 Å². The molecule has 21 heavy (non-hydrogen) atoms. The van der Waals surface area contributed by atoms with Crippen molar-refractivity contribution >= 4 is 11.6 Å². The summed E-state index contributed by atoms with van der Waals surface area (Å²) in [5, 5.41) is 3.51. The molecular formula is C17H20N2O2. The van der Waals surface area contributed by atoms with Gasteiger partial charge in [-0.25, -0.2) is 0 Å². The molecule has 0 saturated carbocycles. The molecule has 1 aromatic carbocycles. The van der Waals surface area contributed by atoms with Gasteiger partial charge in [-0.2, -0.15) is 0 Å². The number of furan rings is 1. The number of fused-ring (bicyclic) bond motifs is 1. The van der Waals surface area contributed by atoms with Crippen molar-refractivity contribution in [3.63, 3.8) is 0 Å². The number of nitrogens with zero attached hydrogens (tertiary/aromatic N) is 1. The average molecular weight is 284 g/mol. The molecule has 1 aliphatic rings. The molecule has 110 valence electrons. The molecule has 1 aromatic heterocycles. The normalized spacial score (nSPS) is 19.5. The third-order valence-electron chi connectivity index (χ3n) is 4.07. The Morgan fingerprint density at radius 3 is 2.76 bits per heavy atom. The van der Waals surface area contributed by atoms with Crippen LogP contribution < -0.4 is 10.2 Å². The zero-order chi connectivity index (χ0) is 15.0. The van der Waals surface area contributed by atoms with Crippen LogP contribution in [0, 0.1) is 6.92 Å². The first kappa shape index (κ1) is 13.9. The summed E-state index contributed by atoms with van der Waals surface area (Å²) >= 11 is 0. The zero-order valence-corrected chi connectivity index (χ0v) is 12.6. The third kappa shape index (κ3) is 2.59. The number of amides is 1. The van der Waals surface area contributed by atoms with E-state index in [1.165, 1.54) is 0 Å². The van der Waals surface area contributed by atoms with E-state index < -0.39 is 0 Å². The molecule has 0 saturated heterocycles. The lowest BCUT2D eigenvalue weighted by atomic mass is 9.95. The zero-order valence-electron chi connectivity index (χ0n) is 12.6. The number of hydrogen-bond donors (Lipinski definition) is 1. The molecule has 2 aromatic rings. The molecule has 2 atom stereocenters. The summed E-state index contributed by atoms with van der Waals surface area (Å²) in [6.07, 6.45) is 0.470. The Bertz CT molecular complexity index is 662. The third-order valence-corrected chi connectivity index (χ3v) is 4.07. The van der Waals surface area contributed by atoms with Gasteiger partial charge in [-0.05, 0) is 37.6 Å². The number of aryl methyl sites for hydroxylation is 1. The minimum atomic E-state index is 0.0188. The van der Waals surface area contributed by atoms with Crippen molar-refractivity contribution in [2.24, 2.45) is 0 Å². The van der Waals surface area contributed by atoms with Gasteiger partial charge in [0.1, 0.15) is 11.5 Å². The molecule has 2 unspecified atom stereocenters. The number of para-hydroxylation sites is 1. The predicted molar refractivity (Wildman–Crippen MR) is 82.2 cm³/mol. The number of benzene rings is 1. The first-order valence-electron chi connectivity index (χ1n) is 7.24. The molecule has 0 spiro atoms. The first-order valence-corrected chi connectivity index (χ1v) is 7.24. The van der Waals surface area contributed by atoms with E-state index in [0.29, 0.717) is 6.42 Å². The summed E-state index contributed by atoms with van der Waals surface area (Å²) in [5.41, 5.74) is 2.14. The second kappa shape index (κ2) is 5.37. The number of carbonyl (C=O) groups is 1. The van der Waals surface area contributed by atoms with Gasteiger partial charge in [-0.1, -0.05) is 18.2 Å². The molecule has 0 radical (unpaired) electrons. The summed E-state index contributed by atoms with van der Waals surface area (Å²) in [6, 6.07) is 12.1. The van der Waals surface area contributed by atoms with Crippen LogP contribution in [0.2, 0.25) is 0 Å². The fraction of sp³-hybridized carbons (Fsp3) is 0.353. The Hall–Kier alpha value is -2.07. The van der Waals surface area contributed by atoms with Crippen LogP contribution in [0.1, 0.15) is 42.5 Å². The summed E-state index contributed by atoms with van der Waals surface area (Å²) in [5.74, 6) is 1.93. The molecule has 4 heteroatoms. The van der Waals surface area contributed by atoms with Crippen molar-refractivity contribution in [3.05, 3.63) is 53.5 Å². The highest BCUT2D eigenvalue weighted by Crippen LogP contribution is 2.35. The minimum Gasteiger partial charge on any atom is -0.465 e. The highest BCUT2D eigenvalue weighted by molar-refractivity contribution is 5.96. The van der Waals surface area contributed by atoms with E-state index in [0.717, 1.165) is 22.8 Å². The topological polar surface area (TPSA) is 45.5 Å². The molecule has 0 fully saturated rings. The Labute approximate surface area is 124 Å². The monoisotopic (exact) mass is 284 g/mol. The van der Waals surface area contributed by atoms with Crippen LogP contribution in [0.25, 0.3) is 0 Å². The Kier molecular flexibility index (Phi) is 3.55. The van der Waals surface area contributed by atoms with E-state index >= 15 is 0 Å². The van der Waals surface area contributed by atoms with E-state index in [1.807, 2.05) is 44.3 Å². The van der Waals surface area contributed by atoms with Crippen LogP contribution in [0.3, 0.4) is 0 Å². The molecular weight excluding hydrogens is 264 g/mol. The minimum absolute atomic E-state index is 0.0188. The largest absolute Gasteiger partial charge is 0.465 e. The first-order chi connectivity index (χ1) is 10.1. The van der Waals surface area contributed by atoms with Gasteiger partial charge in [-0.15, -0.1) is 0 Å². The van der Waals surface area contributed by atoms with Gasteiger partial charge in [0, 0.05) is 25.2 Å². The summed E-state index contributed by atoms with van der Waals surface area (Å²) in [7, 11) is 1.83. The molecule has 0 bridgehead atoms. The van der Waals surface area contributed by atoms with Gasteiger partial charge < -0.3 is 14.6 Å². The molecule has 1 aliphatic heterocycles. The SMILES string of the molecule is Cc1ccc(C(C)NC2CC(=O)N(C)c3ccccc32)o1. The van der Waals surface area contributed by atoms with E-state index in [4.69, 9.17) is 4.42 Å². The Morgan fingerprint density at radius 2 is 2.05 bits per heavy atom. The molecule has 0 aliphatic carbocycles. The maximum absolute atomic E-state index is 12.2. The second-order valence-electron chi connectivity index (χ2n) is 5.61. The highest BCUT2D eigenvalue weighted by Gasteiger charge is 2.30. The highest BCUT2D eigenvalue weighted by atomic mass is 16.3. The van der Waals surface area contributed by atoms with Crippen LogP contribution in [0.15, 0.2) is 40.8 Å². The number of hydrogen-bond acceptors (Lipinski definition) is 3. The van der Waals surface area contributed by atoms with Crippen molar-refractivity contribution in [1.82, 2.24) is 5.32 Å². The number of anilines is 1. The summed E-state index contributed by atoms with van der Waals surface area (Å²) in [4.78, 5) is 13.9. The van der Waals surface area contributed by atoms with E-state index in [2.05, 4.69) is 18.3 Å². The number of carbonyl (C=O) groups excluding carboxylic acids is 1. The van der Waals surface area contributed by atoms with Crippen LogP contribution >= 0.6 is 0 Å².